The fourth-order valence-corrected chi connectivity index (χ4v) is 3.02. The molecule has 3 nitrogen and oxygen atoms in total. The van der Waals surface area contributed by atoms with E-state index >= 15 is 0 Å². The molecule has 0 spiro atoms. The van der Waals surface area contributed by atoms with Gasteiger partial charge in [0.2, 0.25) is 0 Å². The molecule has 0 saturated heterocycles. The zero-order valence-electron chi connectivity index (χ0n) is 11.4. The molecule has 0 N–H and O–H groups in total. The zero-order valence-corrected chi connectivity index (χ0v) is 13.0. The Morgan fingerprint density at radius 2 is 2.00 bits per heavy atom. The number of carbonyl (C=O) groups is 1. The minimum absolute atomic E-state index is 0.138. The van der Waals surface area contributed by atoms with Crippen LogP contribution in [0.3, 0.4) is 0 Å². The van der Waals surface area contributed by atoms with E-state index < -0.39 is 5.82 Å². The first-order valence-corrected chi connectivity index (χ1v) is 7.28. The molecule has 1 amide bonds. The molecule has 0 fully saturated rings. The van der Waals surface area contributed by atoms with Crippen molar-refractivity contribution in [1.29, 1.82) is 0 Å². The van der Waals surface area contributed by atoms with Crippen molar-refractivity contribution < 1.29 is 13.9 Å². The Bertz CT molecular complexity index is 700. The van der Waals surface area contributed by atoms with E-state index in [9.17, 15) is 9.18 Å². The predicted octanol–water partition coefficient (Wildman–Crippen LogP) is 3.75. The normalized spacial score (nSPS) is 13.5. The van der Waals surface area contributed by atoms with E-state index in [1.807, 2.05) is 24.3 Å². The molecule has 108 valence electrons. The largest absolute Gasteiger partial charge is 0.497 e. The second kappa shape index (κ2) is 5.48. The number of halogens is 2. The topological polar surface area (TPSA) is 29.5 Å². The highest BCUT2D eigenvalue weighted by atomic mass is 79.9. The molecule has 2 aromatic rings. The van der Waals surface area contributed by atoms with Crippen molar-refractivity contribution in [2.24, 2.45) is 0 Å². The number of fused-ring (bicyclic) bond motifs is 1. The third-order valence-electron chi connectivity index (χ3n) is 3.56. The summed E-state index contributed by atoms with van der Waals surface area (Å²) in [4.78, 5) is 14.0. The number of nitrogens with zero attached hydrogens (tertiary/aromatic N) is 1. The maximum atomic E-state index is 13.4. The van der Waals surface area contributed by atoms with Gasteiger partial charge in [0, 0.05) is 23.1 Å². The second-order valence-electron chi connectivity index (χ2n) is 4.92. The first-order valence-electron chi connectivity index (χ1n) is 6.48. The molecule has 0 aromatic heterocycles. The summed E-state index contributed by atoms with van der Waals surface area (Å²) in [5.41, 5.74) is 2.29. The molecule has 0 atom stereocenters. The smallest absolute Gasteiger partial charge is 0.254 e. The van der Waals surface area contributed by atoms with Gasteiger partial charge in [0.05, 0.1) is 7.11 Å². The van der Waals surface area contributed by atoms with Gasteiger partial charge >= 0.3 is 0 Å². The minimum atomic E-state index is -0.403. The lowest BCUT2D eigenvalue weighted by Gasteiger charge is -2.15. The Morgan fingerprint density at radius 1 is 1.29 bits per heavy atom. The van der Waals surface area contributed by atoms with Gasteiger partial charge in [-0.05, 0) is 35.4 Å². The summed E-state index contributed by atoms with van der Waals surface area (Å²) in [6.45, 7) is 0.979. The highest BCUT2D eigenvalue weighted by Gasteiger charge is 2.29. The summed E-state index contributed by atoms with van der Waals surface area (Å²) in [5, 5.41) is 0. The van der Waals surface area contributed by atoms with Crippen molar-refractivity contribution in [3.8, 4) is 5.75 Å². The van der Waals surface area contributed by atoms with Crippen LogP contribution in [0.2, 0.25) is 0 Å². The van der Waals surface area contributed by atoms with E-state index in [1.54, 1.807) is 12.0 Å². The number of carbonyl (C=O) groups excluding carboxylic acids is 1. The molecule has 0 bridgehead atoms. The molecule has 21 heavy (non-hydrogen) atoms. The van der Waals surface area contributed by atoms with Crippen molar-refractivity contribution in [1.82, 2.24) is 4.90 Å². The van der Waals surface area contributed by atoms with Gasteiger partial charge in [-0.3, -0.25) is 4.79 Å². The number of hydrogen-bond donors (Lipinski definition) is 0. The van der Waals surface area contributed by atoms with Crippen molar-refractivity contribution in [3.05, 3.63) is 63.4 Å². The minimum Gasteiger partial charge on any atom is -0.497 e. The average molecular weight is 350 g/mol. The Morgan fingerprint density at radius 3 is 2.67 bits per heavy atom. The van der Waals surface area contributed by atoms with Crippen LogP contribution in [0.15, 0.2) is 40.9 Å². The molecule has 1 aliphatic heterocycles. The van der Waals surface area contributed by atoms with Crippen molar-refractivity contribution in [3.63, 3.8) is 0 Å². The lowest BCUT2D eigenvalue weighted by molar-refractivity contribution is 0.0766. The van der Waals surface area contributed by atoms with Crippen LogP contribution in [0.4, 0.5) is 4.39 Å². The summed E-state index contributed by atoms with van der Waals surface area (Å²) in [5.74, 6) is 0.237. The summed E-state index contributed by atoms with van der Waals surface area (Å²) >= 11 is 3.32. The number of methoxy groups -OCH3 is 1. The van der Waals surface area contributed by atoms with Crippen LogP contribution >= 0.6 is 15.9 Å². The number of ether oxygens (including phenoxy) is 1. The van der Waals surface area contributed by atoms with E-state index in [2.05, 4.69) is 15.9 Å². The lowest BCUT2D eigenvalue weighted by atomic mass is 10.1. The molecule has 1 aliphatic rings. The van der Waals surface area contributed by atoms with Gasteiger partial charge < -0.3 is 9.64 Å². The first-order chi connectivity index (χ1) is 10.1. The first kappa shape index (κ1) is 14.1. The fourth-order valence-electron chi connectivity index (χ4n) is 2.47. The molecule has 0 radical (unpaired) electrons. The van der Waals surface area contributed by atoms with Crippen LogP contribution < -0.4 is 4.74 Å². The van der Waals surface area contributed by atoms with Crippen LogP contribution in [0.25, 0.3) is 0 Å². The Balaban J connectivity index is 1.82. The van der Waals surface area contributed by atoms with E-state index in [4.69, 9.17) is 4.74 Å². The SMILES string of the molecule is COc1ccc(CN2Cc3c(Br)cc(F)cc3C2=O)cc1. The number of amides is 1. The van der Waals surface area contributed by atoms with Gasteiger partial charge in [0.15, 0.2) is 0 Å². The zero-order chi connectivity index (χ0) is 15.0. The van der Waals surface area contributed by atoms with Gasteiger partial charge in [-0.2, -0.15) is 0 Å². The van der Waals surface area contributed by atoms with E-state index in [0.29, 0.717) is 23.1 Å². The molecule has 0 unspecified atom stereocenters. The molecular formula is C16H13BrFNO2. The third-order valence-corrected chi connectivity index (χ3v) is 4.27. The average Bonchev–Trinajstić information content (AvgIpc) is 2.78. The second-order valence-corrected chi connectivity index (χ2v) is 5.78. The predicted molar refractivity (Wildman–Crippen MR) is 80.7 cm³/mol. The summed E-state index contributed by atoms with van der Waals surface area (Å²) in [6.07, 6.45) is 0. The molecule has 5 heteroatoms. The lowest BCUT2D eigenvalue weighted by Crippen LogP contribution is -2.23. The van der Waals surface area contributed by atoms with E-state index in [-0.39, 0.29) is 5.91 Å². The van der Waals surface area contributed by atoms with E-state index in [1.165, 1.54) is 12.1 Å². The van der Waals surface area contributed by atoms with Gasteiger partial charge in [0.1, 0.15) is 11.6 Å². The van der Waals surface area contributed by atoms with E-state index in [0.717, 1.165) is 16.9 Å². The molecule has 0 aliphatic carbocycles. The van der Waals surface area contributed by atoms with Crippen LogP contribution in [0.1, 0.15) is 21.5 Å². The highest BCUT2D eigenvalue weighted by molar-refractivity contribution is 9.10. The molecule has 3 rings (SSSR count). The van der Waals surface area contributed by atoms with Crippen molar-refractivity contribution in [2.75, 3.05) is 7.11 Å². The monoisotopic (exact) mass is 349 g/mol. The van der Waals surface area contributed by atoms with Crippen molar-refractivity contribution in [2.45, 2.75) is 13.1 Å². The maximum Gasteiger partial charge on any atom is 0.254 e. The molecule has 2 aromatic carbocycles. The number of rotatable bonds is 3. The molecular weight excluding hydrogens is 337 g/mol. The van der Waals surface area contributed by atoms with Crippen LogP contribution in [0, 0.1) is 5.82 Å². The third kappa shape index (κ3) is 2.65. The van der Waals surface area contributed by atoms with Crippen LogP contribution in [-0.2, 0) is 13.1 Å². The summed E-state index contributed by atoms with van der Waals surface area (Å²) in [7, 11) is 1.61. The quantitative estimate of drug-likeness (QED) is 0.844. The van der Waals surface area contributed by atoms with Crippen LogP contribution in [-0.4, -0.2) is 17.9 Å². The Kier molecular flexibility index (Phi) is 3.68. The number of hydrogen-bond acceptors (Lipinski definition) is 2. The number of benzene rings is 2. The van der Waals surface area contributed by atoms with Gasteiger partial charge in [-0.15, -0.1) is 0 Å². The standard InChI is InChI=1S/C16H13BrFNO2/c1-21-12-4-2-10(3-5-12)8-19-9-14-13(16(19)20)6-11(18)7-15(14)17/h2-7H,8-9H2,1H3. The maximum absolute atomic E-state index is 13.4. The Labute approximate surface area is 130 Å². The Hall–Kier alpha value is -1.88. The summed E-state index contributed by atoms with van der Waals surface area (Å²) in [6, 6.07) is 10.3. The van der Waals surface area contributed by atoms with Crippen molar-refractivity contribution >= 4 is 21.8 Å². The molecule has 0 saturated carbocycles. The highest BCUT2D eigenvalue weighted by Crippen LogP contribution is 2.31. The molecule has 1 heterocycles. The summed E-state index contributed by atoms with van der Waals surface area (Å²) < 4.78 is 19.2. The fraction of sp³-hybridized carbons (Fsp3) is 0.188. The van der Waals surface area contributed by atoms with Gasteiger partial charge in [-0.25, -0.2) is 4.39 Å². The van der Waals surface area contributed by atoms with Gasteiger partial charge in [-0.1, -0.05) is 28.1 Å². The van der Waals surface area contributed by atoms with Crippen LogP contribution in [0.5, 0.6) is 5.75 Å². The van der Waals surface area contributed by atoms with Gasteiger partial charge in [0.25, 0.3) is 5.91 Å².